The third-order valence-corrected chi connectivity index (χ3v) is 2.99. The summed E-state index contributed by atoms with van der Waals surface area (Å²) in [7, 11) is 0. The van der Waals surface area contributed by atoms with Crippen molar-refractivity contribution in [1.82, 2.24) is 5.32 Å². The largest absolute Gasteiger partial charge is 0.387 e. The molecule has 0 aromatic heterocycles. The fraction of sp³-hybridized carbons (Fsp3) is 0.133. The van der Waals surface area contributed by atoms with Crippen molar-refractivity contribution in [3.8, 4) is 0 Å². The Kier molecular flexibility index (Phi) is 4.98. The third kappa shape index (κ3) is 4.26. The number of aliphatic hydroxyl groups excluding tert-OH is 1. The van der Waals surface area contributed by atoms with Crippen LogP contribution in [0.1, 0.15) is 11.7 Å². The highest BCUT2D eigenvalue weighted by atomic mass is 35.5. The van der Waals surface area contributed by atoms with E-state index >= 15 is 0 Å². The molecule has 3 N–H and O–H groups in total. The number of halogens is 1. The van der Waals surface area contributed by atoms with E-state index in [4.69, 9.17) is 11.6 Å². The predicted molar refractivity (Wildman–Crippen MR) is 79.9 cm³/mol. The maximum absolute atomic E-state index is 11.6. The van der Waals surface area contributed by atoms with Gasteiger partial charge in [-0.2, -0.15) is 0 Å². The van der Waals surface area contributed by atoms with Gasteiger partial charge in [0, 0.05) is 17.3 Å². The molecule has 2 amide bonds. The zero-order valence-electron chi connectivity index (χ0n) is 10.7. The van der Waals surface area contributed by atoms with Crippen LogP contribution in [-0.4, -0.2) is 17.7 Å². The summed E-state index contributed by atoms with van der Waals surface area (Å²) in [5.74, 6) is 0. The van der Waals surface area contributed by atoms with Gasteiger partial charge in [-0.05, 0) is 29.8 Å². The molecule has 0 saturated heterocycles. The van der Waals surface area contributed by atoms with Crippen LogP contribution in [0.5, 0.6) is 0 Å². The number of nitrogens with one attached hydrogen (secondary N) is 2. The average Bonchev–Trinajstić information content (AvgIpc) is 2.46. The van der Waals surface area contributed by atoms with E-state index in [-0.39, 0.29) is 12.6 Å². The number of hydrogen-bond donors (Lipinski definition) is 3. The molecule has 0 aliphatic rings. The summed E-state index contributed by atoms with van der Waals surface area (Å²) in [5.41, 5.74) is 1.40. The van der Waals surface area contributed by atoms with Gasteiger partial charge in [0.15, 0.2) is 0 Å². The lowest BCUT2D eigenvalue weighted by Crippen LogP contribution is -2.32. The minimum atomic E-state index is -0.770. The summed E-state index contributed by atoms with van der Waals surface area (Å²) in [5, 5.41) is 15.8. The Morgan fingerprint density at radius 1 is 1.10 bits per heavy atom. The maximum atomic E-state index is 11.6. The fourth-order valence-corrected chi connectivity index (χ4v) is 1.81. The third-order valence-electron chi connectivity index (χ3n) is 2.74. The van der Waals surface area contributed by atoms with E-state index in [0.29, 0.717) is 16.3 Å². The van der Waals surface area contributed by atoms with Crippen LogP contribution in [0.25, 0.3) is 0 Å². The van der Waals surface area contributed by atoms with Crippen molar-refractivity contribution in [3.63, 3.8) is 0 Å². The lowest BCUT2D eigenvalue weighted by atomic mass is 10.1. The zero-order valence-corrected chi connectivity index (χ0v) is 11.5. The second-order valence-electron chi connectivity index (χ2n) is 4.27. The highest BCUT2D eigenvalue weighted by Gasteiger charge is 2.09. The molecule has 2 aromatic carbocycles. The molecule has 1 unspecified atom stereocenters. The molecular formula is C15H15ClN2O2. The quantitative estimate of drug-likeness (QED) is 0.810. The Hall–Kier alpha value is -2.04. The summed E-state index contributed by atoms with van der Waals surface area (Å²) in [6.07, 6.45) is -0.770. The van der Waals surface area contributed by atoms with Crippen molar-refractivity contribution in [2.45, 2.75) is 6.10 Å². The number of carbonyl (C=O) groups is 1. The van der Waals surface area contributed by atoms with Crippen LogP contribution in [0, 0.1) is 0 Å². The van der Waals surface area contributed by atoms with Gasteiger partial charge in [0.1, 0.15) is 0 Å². The first-order chi connectivity index (χ1) is 9.65. The molecule has 5 heteroatoms. The molecule has 0 fully saturated rings. The highest BCUT2D eigenvalue weighted by molar-refractivity contribution is 6.30. The highest BCUT2D eigenvalue weighted by Crippen LogP contribution is 2.15. The molecule has 0 saturated carbocycles. The van der Waals surface area contributed by atoms with Crippen molar-refractivity contribution in [2.24, 2.45) is 0 Å². The summed E-state index contributed by atoms with van der Waals surface area (Å²) >= 11 is 5.77. The second kappa shape index (κ2) is 6.93. The van der Waals surface area contributed by atoms with E-state index in [2.05, 4.69) is 10.6 Å². The fourth-order valence-electron chi connectivity index (χ4n) is 1.69. The molecule has 0 radical (unpaired) electrons. The van der Waals surface area contributed by atoms with E-state index in [1.54, 1.807) is 36.4 Å². The Bertz CT molecular complexity index is 558. The van der Waals surface area contributed by atoms with Crippen LogP contribution in [-0.2, 0) is 0 Å². The van der Waals surface area contributed by atoms with Crippen molar-refractivity contribution in [1.29, 1.82) is 0 Å². The average molecular weight is 291 g/mol. The smallest absolute Gasteiger partial charge is 0.319 e. The molecule has 20 heavy (non-hydrogen) atoms. The first-order valence-electron chi connectivity index (χ1n) is 6.18. The standard InChI is InChI=1S/C15H15ClN2O2/c16-12-8-6-11(7-9-12)14(19)10-17-15(20)18-13-4-2-1-3-5-13/h1-9,14,19H,10H2,(H2,17,18,20). The first kappa shape index (κ1) is 14.4. The number of urea groups is 1. The van der Waals surface area contributed by atoms with Crippen LogP contribution in [0.3, 0.4) is 0 Å². The van der Waals surface area contributed by atoms with E-state index < -0.39 is 6.10 Å². The SMILES string of the molecule is O=C(NCC(O)c1ccc(Cl)cc1)Nc1ccccc1. The first-order valence-corrected chi connectivity index (χ1v) is 6.56. The Balaban J connectivity index is 1.82. The van der Waals surface area contributed by atoms with Crippen molar-refractivity contribution < 1.29 is 9.90 Å². The Morgan fingerprint density at radius 2 is 1.75 bits per heavy atom. The van der Waals surface area contributed by atoms with E-state index in [9.17, 15) is 9.90 Å². The molecule has 0 aliphatic carbocycles. The molecule has 2 rings (SSSR count). The molecular weight excluding hydrogens is 276 g/mol. The number of carbonyl (C=O) groups excluding carboxylic acids is 1. The van der Waals surface area contributed by atoms with Gasteiger partial charge in [-0.1, -0.05) is 41.9 Å². The lowest BCUT2D eigenvalue weighted by molar-refractivity contribution is 0.175. The van der Waals surface area contributed by atoms with E-state index in [1.165, 1.54) is 0 Å². The van der Waals surface area contributed by atoms with Crippen LogP contribution in [0.15, 0.2) is 54.6 Å². The summed E-state index contributed by atoms with van der Waals surface area (Å²) in [4.78, 5) is 11.6. The van der Waals surface area contributed by atoms with Crippen molar-refractivity contribution in [3.05, 3.63) is 65.2 Å². The number of rotatable bonds is 4. The maximum Gasteiger partial charge on any atom is 0.319 e. The van der Waals surface area contributed by atoms with Crippen LogP contribution < -0.4 is 10.6 Å². The molecule has 0 spiro atoms. The van der Waals surface area contributed by atoms with Gasteiger partial charge < -0.3 is 15.7 Å². The normalized spacial score (nSPS) is 11.7. The summed E-state index contributed by atoms with van der Waals surface area (Å²) in [6.45, 7) is 0.125. The molecule has 2 aromatic rings. The molecule has 0 aliphatic heterocycles. The zero-order chi connectivity index (χ0) is 14.4. The molecule has 1 atom stereocenters. The van der Waals surface area contributed by atoms with Gasteiger partial charge in [0.05, 0.1) is 6.10 Å². The van der Waals surface area contributed by atoms with Gasteiger partial charge in [0.25, 0.3) is 0 Å². The van der Waals surface area contributed by atoms with E-state index in [1.807, 2.05) is 18.2 Å². The number of hydrogen-bond acceptors (Lipinski definition) is 2. The van der Waals surface area contributed by atoms with Gasteiger partial charge in [-0.25, -0.2) is 4.79 Å². The Labute approximate surface area is 122 Å². The van der Waals surface area contributed by atoms with Gasteiger partial charge in [0.2, 0.25) is 0 Å². The second-order valence-corrected chi connectivity index (χ2v) is 4.70. The van der Waals surface area contributed by atoms with Crippen LogP contribution >= 0.6 is 11.6 Å². The van der Waals surface area contributed by atoms with Crippen LogP contribution in [0.2, 0.25) is 5.02 Å². The minimum absolute atomic E-state index is 0.125. The van der Waals surface area contributed by atoms with Gasteiger partial charge in [-0.3, -0.25) is 0 Å². The van der Waals surface area contributed by atoms with Crippen LogP contribution in [0.4, 0.5) is 10.5 Å². The van der Waals surface area contributed by atoms with Gasteiger partial charge in [-0.15, -0.1) is 0 Å². The summed E-state index contributed by atoms with van der Waals surface area (Å²) < 4.78 is 0. The topological polar surface area (TPSA) is 61.4 Å². The number of anilines is 1. The molecule has 104 valence electrons. The van der Waals surface area contributed by atoms with Crippen molar-refractivity contribution >= 4 is 23.3 Å². The monoisotopic (exact) mass is 290 g/mol. The van der Waals surface area contributed by atoms with Gasteiger partial charge >= 0.3 is 6.03 Å². The summed E-state index contributed by atoms with van der Waals surface area (Å²) in [6, 6.07) is 15.6. The van der Waals surface area contributed by atoms with Crippen molar-refractivity contribution in [2.75, 3.05) is 11.9 Å². The molecule has 0 bridgehead atoms. The molecule has 4 nitrogen and oxygen atoms in total. The predicted octanol–water partition coefficient (Wildman–Crippen LogP) is 3.20. The number of aliphatic hydroxyl groups is 1. The minimum Gasteiger partial charge on any atom is -0.387 e. The lowest BCUT2D eigenvalue weighted by Gasteiger charge is -2.13. The number of para-hydroxylation sites is 1. The number of benzene rings is 2. The molecule has 0 heterocycles. The Morgan fingerprint density at radius 3 is 2.40 bits per heavy atom. The van der Waals surface area contributed by atoms with E-state index in [0.717, 1.165) is 0 Å². The number of amides is 2.